The molecule has 0 aliphatic heterocycles. The number of rotatable bonds is 5. The maximum absolute atomic E-state index is 13.0. The maximum atomic E-state index is 13.0. The molecule has 3 aromatic rings. The molecule has 0 aliphatic carbocycles. The molecule has 0 radical (unpaired) electrons. The highest BCUT2D eigenvalue weighted by Crippen LogP contribution is 2.17. The van der Waals surface area contributed by atoms with Crippen LogP contribution in [-0.2, 0) is 11.3 Å². The molecule has 0 spiro atoms. The number of fused-ring (bicyclic) bond motifs is 1. The van der Waals surface area contributed by atoms with Gasteiger partial charge >= 0.3 is 5.69 Å². The molecule has 1 atom stereocenters. The molecule has 0 fully saturated rings. The molecule has 0 aliphatic rings. The summed E-state index contributed by atoms with van der Waals surface area (Å²) < 4.78 is 2.83. The number of hydrogen-bond acceptors (Lipinski definition) is 4. The Morgan fingerprint density at radius 2 is 1.92 bits per heavy atom. The van der Waals surface area contributed by atoms with Gasteiger partial charge in [-0.25, -0.2) is 9.36 Å². The number of nitrogens with zero attached hydrogens (tertiary/aromatic N) is 2. The number of carbonyl (C=O) groups excluding carboxylic acids is 1. The van der Waals surface area contributed by atoms with Gasteiger partial charge in [-0.1, -0.05) is 18.5 Å². The molecule has 0 saturated heterocycles. The standard InChI is InChI=1S/C18H18ClN3O3S/c1-3-11(2)20-15(23)10-21-14-8-9-26-16(14)17(24)22(18(21)25)13-6-4-12(19)5-7-13/h4-9,11H,3,10H2,1-2H3,(H,20,23)/t11-/m0/s1. The Kier molecular flexibility index (Phi) is 5.29. The minimum atomic E-state index is -0.553. The summed E-state index contributed by atoms with van der Waals surface area (Å²) in [6, 6.07) is 8.13. The van der Waals surface area contributed by atoms with Gasteiger partial charge in [0.15, 0.2) is 0 Å². The molecule has 1 N–H and O–H groups in total. The third-order valence-electron chi connectivity index (χ3n) is 4.16. The number of benzene rings is 1. The molecule has 3 rings (SSSR count). The molecule has 2 aromatic heterocycles. The first-order valence-corrected chi connectivity index (χ1v) is 9.46. The van der Waals surface area contributed by atoms with Crippen molar-refractivity contribution in [2.75, 3.05) is 0 Å². The van der Waals surface area contributed by atoms with E-state index in [4.69, 9.17) is 11.6 Å². The predicted octanol–water partition coefficient (Wildman–Crippen LogP) is 2.78. The van der Waals surface area contributed by atoms with Gasteiger partial charge in [-0.05, 0) is 49.1 Å². The zero-order valence-corrected chi connectivity index (χ0v) is 15.9. The third kappa shape index (κ3) is 3.45. The van der Waals surface area contributed by atoms with Crippen LogP contribution in [0.2, 0.25) is 5.02 Å². The first-order chi connectivity index (χ1) is 12.4. The molecule has 136 valence electrons. The van der Waals surface area contributed by atoms with E-state index in [1.165, 1.54) is 15.9 Å². The zero-order chi connectivity index (χ0) is 18.8. The van der Waals surface area contributed by atoms with Crippen molar-refractivity contribution in [2.24, 2.45) is 0 Å². The Morgan fingerprint density at radius 3 is 2.58 bits per heavy atom. The monoisotopic (exact) mass is 391 g/mol. The lowest BCUT2D eigenvalue weighted by Crippen LogP contribution is -2.42. The summed E-state index contributed by atoms with van der Waals surface area (Å²) >= 11 is 7.14. The Balaban J connectivity index is 2.16. The molecule has 2 heterocycles. The van der Waals surface area contributed by atoms with Crippen molar-refractivity contribution in [2.45, 2.75) is 32.9 Å². The van der Waals surface area contributed by atoms with Crippen molar-refractivity contribution >= 4 is 39.1 Å². The summed E-state index contributed by atoms with van der Waals surface area (Å²) in [7, 11) is 0. The first kappa shape index (κ1) is 18.4. The fourth-order valence-electron chi connectivity index (χ4n) is 2.62. The van der Waals surface area contributed by atoms with Crippen molar-refractivity contribution in [1.82, 2.24) is 14.5 Å². The smallest absolute Gasteiger partial charge is 0.336 e. The second-order valence-corrected chi connectivity index (χ2v) is 7.35. The number of halogens is 1. The highest BCUT2D eigenvalue weighted by molar-refractivity contribution is 7.17. The van der Waals surface area contributed by atoms with E-state index in [0.29, 0.717) is 20.9 Å². The molecule has 0 bridgehead atoms. The van der Waals surface area contributed by atoms with Gasteiger partial charge in [-0.2, -0.15) is 0 Å². The largest absolute Gasteiger partial charge is 0.352 e. The van der Waals surface area contributed by atoms with Crippen LogP contribution in [0.4, 0.5) is 0 Å². The Bertz CT molecular complexity index is 1070. The summed E-state index contributed by atoms with van der Waals surface area (Å²) in [5.74, 6) is -0.268. The van der Waals surface area contributed by atoms with E-state index in [1.54, 1.807) is 35.7 Å². The number of carbonyl (C=O) groups is 1. The fraction of sp³-hybridized carbons (Fsp3) is 0.278. The van der Waals surface area contributed by atoms with Gasteiger partial charge < -0.3 is 5.32 Å². The van der Waals surface area contributed by atoms with Crippen LogP contribution in [0.25, 0.3) is 15.9 Å². The van der Waals surface area contributed by atoms with Crippen LogP contribution in [-0.4, -0.2) is 21.1 Å². The molecule has 0 saturated carbocycles. The summed E-state index contributed by atoms with van der Waals surface area (Å²) in [4.78, 5) is 38.1. The molecule has 6 nitrogen and oxygen atoms in total. The van der Waals surface area contributed by atoms with E-state index < -0.39 is 11.2 Å². The van der Waals surface area contributed by atoms with Gasteiger partial charge in [0, 0.05) is 11.1 Å². The molecule has 26 heavy (non-hydrogen) atoms. The van der Waals surface area contributed by atoms with Crippen LogP contribution < -0.4 is 16.6 Å². The van der Waals surface area contributed by atoms with E-state index in [0.717, 1.165) is 11.0 Å². The van der Waals surface area contributed by atoms with Gasteiger partial charge in [0.1, 0.15) is 11.2 Å². The lowest BCUT2D eigenvalue weighted by atomic mass is 10.2. The lowest BCUT2D eigenvalue weighted by Gasteiger charge is -2.14. The predicted molar refractivity (Wildman–Crippen MR) is 105 cm³/mol. The van der Waals surface area contributed by atoms with E-state index in [1.807, 2.05) is 13.8 Å². The fourth-order valence-corrected chi connectivity index (χ4v) is 3.57. The van der Waals surface area contributed by atoms with Gasteiger partial charge in [0.25, 0.3) is 5.56 Å². The summed E-state index contributed by atoms with van der Waals surface area (Å²) in [6.45, 7) is 3.72. The van der Waals surface area contributed by atoms with E-state index in [9.17, 15) is 14.4 Å². The van der Waals surface area contributed by atoms with Crippen LogP contribution in [0.1, 0.15) is 20.3 Å². The minimum Gasteiger partial charge on any atom is -0.352 e. The third-order valence-corrected chi connectivity index (χ3v) is 5.30. The molecular formula is C18H18ClN3O3S. The van der Waals surface area contributed by atoms with Crippen LogP contribution >= 0.6 is 22.9 Å². The molecular weight excluding hydrogens is 374 g/mol. The molecule has 1 amide bonds. The highest BCUT2D eigenvalue weighted by atomic mass is 35.5. The quantitative estimate of drug-likeness (QED) is 0.726. The van der Waals surface area contributed by atoms with Crippen LogP contribution in [0.15, 0.2) is 45.3 Å². The SMILES string of the molecule is CC[C@H](C)NC(=O)Cn1c(=O)n(-c2ccc(Cl)cc2)c(=O)c2sccc21. The second-order valence-electron chi connectivity index (χ2n) is 6.00. The molecule has 0 unspecified atom stereocenters. The maximum Gasteiger partial charge on any atom is 0.336 e. The number of thiophene rings is 1. The normalized spacial score (nSPS) is 12.3. The topological polar surface area (TPSA) is 73.1 Å². The second kappa shape index (κ2) is 7.47. The van der Waals surface area contributed by atoms with Crippen molar-refractivity contribution in [3.8, 4) is 5.69 Å². The Hall–Kier alpha value is -2.38. The Morgan fingerprint density at radius 1 is 1.23 bits per heavy atom. The summed E-state index contributed by atoms with van der Waals surface area (Å²) in [6.07, 6.45) is 0.790. The average Bonchev–Trinajstić information content (AvgIpc) is 3.10. The average molecular weight is 392 g/mol. The van der Waals surface area contributed by atoms with Crippen LogP contribution in [0, 0.1) is 0 Å². The van der Waals surface area contributed by atoms with Crippen molar-refractivity contribution in [3.05, 3.63) is 61.6 Å². The van der Waals surface area contributed by atoms with Gasteiger partial charge in [-0.15, -0.1) is 11.3 Å². The number of amides is 1. The van der Waals surface area contributed by atoms with Gasteiger partial charge in [0.2, 0.25) is 5.91 Å². The zero-order valence-electron chi connectivity index (χ0n) is 14.4. The van der Waals surface area contributed by atoms with E-state index in [2.05, 4.69) is 5.32 Å². The van der Waals surface area contributed by atoms with E-state index in [-0.39, 0.29) is 18.5 Å². The summed E-state index contributed by atoms with van der Waals surface area (Å²) in [5, 5.41) is 5.09. The van der Waals surface area contributed by atoms with Crippen molar-refractivity contribution in [3.63, 3.8) is 0 Å². The summed E-state index contributed by atoms with van der Waals surface area (Å²) in [5.41, 5.74) is -0.0752. The first-order valence-electron chi connectivity index (χ1n) is 8.20. The van der Waals surface area contributed by atoms with Gasteiger partial charge in [0.05, 0.1) is 11.2 Å². The van der Waals surface area contributed by atoms with Crippen LogP contribution in [0.3, 0.4) is 0 Å². The minimum absolute atomic E-state index is 0.0123. The number of hydrogen-bond donors (Lipinski definition) is 1. The Labute approximate surface area is 158 Å². The number of nitrogens with one attached hydrogen (secondary N) is 1. The highest BCUT2D eigenvalue weighted by Gasteiger charge is 2.18. The van der Waals surface area contributed by atoms with Gasteiger partial charge in [-0.3, -0.25) is 14.2 Å². The van der Waals surface area contributed by atoms with E-state index >= 15 is 0 Å². The molecule has 8 heteroatoms. The molecule has 1 aromatic carbocycles. The lowest BCUT2D eigenvalue weighted by molar-refractivity contribution is -0.122. The van der Waals surface area contributed by atoms with Crippen molar-refractivity contribution < 1.29 is 4.79 Å². The van der Waals surface area contributed by atoms with Crippen molar-refractivity contribution in [1.29, 1.82) is 0 Å². The van der Waals surface area contributed by atoms with Crippen LogP contribution in [0.5, 0.6) is 0 Å². The number of aromatic nitrogens is 2.